The first kappa shape index (κ1) is 17.5. The molecule has 0 N–H and O–H groups in total. The number of pyridine rings is 1. The standard InChI is InChI=1S/C20H13ClN2O3S/c21-18-16-8-4-5-9-17(16)23(27(25,26)15-6-2-1-3-7-15)19(18)20(24)14-10-12-22-13-11-14/h1-13H. The number of aromatic nitrogens is 2. The maximum atomic E-state index is 13.4. The Morgan fingerprint density at radius 3 is 2.22 bits per heavy atom. The van der Waals surface area contributed by atoms with Crippen molar-refractivity contribution in [2.24, 2.45) is 0 Å². The number of benzene rings is 2. The summed E-state index contributed by atoms with van der Waals surface area (Å²) in [6.07, 6.45) is 2.94. The Labute approximate surface area is 160 Å². The van der Waals surface area contributed by atoms with Gasteiger partial charge in [0.1, 0.15) is 5.69 Å². The second-order valence-corrected chi connectivity index (χ2v) is 7.99. The summed E-state index contributed by atoms with van der Waals surface area (Å²) < 4.78 is 27.7. The number of ketones is 1. The Balaban J connectivity index is 2.07. The molecule has 0 saturated heterocycles. The fourth-order valence-corrected chi connectivity index (χ4v) is 4.88. The molecule has 0 atom stereocenters. The van der Waals surface area contributed by atoms with Gasteiger partial charge in [0.05, 0.1) is 15.4 Å². The molecule has 0 unspecified atom stereocenters. The highest BCUT2D eigenvalue weighted by Gasteiger charge is 2.30. The van der Waals surface area contributed by atoms with E-state index in [-0.39, 0.29) is 15.6 Å². The average Bonchev–Trinajstić information content (AvgIpc) is 3.02. The van der Waals surface area contributed by atoms with Crippen LogP contribution in [0.2, 0.25) is 5.02 Å². The van der Waals surface area contributed by atoms with Gasteiger partial charge in [-0.05, 0) is 30.3 Å². The Hall–Kier alpha value is -2.96. The van der Waals surface area contributed by atoms with Crippen molar-refractivity contribution < 1.29 is 13.2 Å². The molecule has 0 radical (unpaired) electrons. The van der Waals surface area contributed by atoms with Gasteiger partial charge in [-0.1, -0.05) is 48.0 Å². The minimum Gasteiger partial charge on any atom is -0.287 e. The lowest BCUT2D eigenvalue weighted by Crippen LogP contribution is -2.19. The van der Waals surface area contributed by atoms with Crippen molar-refractivity contribution in [3.8, 4) is 0 Å². The number of hydrogen-bond acceptors (Lipinski definition) is 4. The summed E-state index contributed by atoms with van der Waals surface area (Å²) in [7, 11) is -4.03. The van der Waals surface area contributed by atoms with E-state index in [0.29, 0.717) is 16.5 Å². The number of hydrogen-bond donors (Lipinski definition) is 0. The third-order valence-electron chi connectivity index (χ3n) is 4.21. The van der Waals surface area contributed by atoms with Gasteiger partial charge in [-0.2, -0.15) is 0 Å². The molecular formula is C20H13ClN2O3S. The maximum Gasteiger partial charge on any atom is 0.268 e. The molecule has 2 aromatic heterocycles. The SMILES string of the molecule is O=C(c1ccncc1)c1c(Cl)c2ccccc2n1S(=O)(=O)c1ccccc1. The van der Waals surface area contributed by atoms with Crippen LogP contribution in [0.5, 0.6) is 0 Å². The van der Waals surface area contributed by atoms with Crippen molar-refractivity contribution in [1.82, 2.24) is 8.96 Å². The fraction of sp³-hybridized carbons (Fsp3) is 0. The largest absolute Gasteiger partial charge is 0.287 e. The van der Waals surface area contributed by atoms with E-state index in [4.69, 9.17) is 11.6 Å². The van der Waals surface area contributed by atoms with E-state index in [2.05, 4.69) is 4.98 Å². The molecule has 134 valence electrons. The van der Waals surface area contributed by atoms with E-state index < -0.39 is 15.8 Å². The molecule has 4 aromatic rings. The van der Waals surface area contributed by atoms with Gasteiger partial charge >= 0.3 is 0 Å². The van der Waals surface area contributed by atoms with Gasteiger partial charge in [-0.3, -0.25) is 9.78 Å². The van der Waals surface area contributed by atoms with Gasteiger partial charge in [-0.25, -0.2) is 12.4 Å². The van der Waals surface area contributed by atoms with E-state index in [1.54, 1.807) is 42.5 Å². The van der Waals surface area contributed by atoms with Crippen molar-refractivity contribution >= 4 is 38.3 Å². The molecule has 0 bridgehead atoms. The average molecular weight is 397 g/mol. The Morgan fingerprint density at radius 2 is 1.52 bits per heavy atom. The van der Waals surface area contributed by atoms with Crippen LogP contribution >= 0.6 is 11.6 Å². The predicted molar refractivity (Wildman–Crippen MR) is 104 cm³/mol. The van der Waals surface area contributed by atoms with Gasteiger partial charge < -0.3 is 0 Å². The summed E-state index contributed by atoms with van der Waals surface area (Å²) in [5.74, 6) is -0.488. The van der Waals surface area contributed by atoms with Crippen LogP contribution in [0.4, 0.5) is 0 Å². The second-order valence-electron chi connectivity index (χ2n) is 5.83. The highest BCUT2D eigenvalue weighted by Crippen LogP contribution is 2.35. The maximum absolute atomic E-state index is 13.4. The first-order valence-corrected chi connectivity index (χ1v) is 9.88. The number of carbonyl (C=O) groups is 1. The third-order valence-corrected chi connectivity index (χ3v) is 6.32. The van der Waals surface area contributed by atoms with Crippen LogP contribution in [0.3, 0.4) is 0 Å². The van der Waals surface area contributed by atoms with Crippen LogP contribution < -0.4 is 0 Å². The number of nitrogens with zero attached hydrogens (tertiary/aromatic N) is 2. The molecule has 0 aliphatic carbocycles. The Kier molecular flexibility index (Phi) is 4.30. The first-order chi connectivity index (χ1) is 13.0. The number of carbonyl (C=O) groups excluding carboxylic acids is 1. The van der Waals surface area contributed by atoms with Gasteiger partial charge in [-0.15, -0.1) is 0 Å². The zero-order chi connectivity index (χ0) is 19.0. The summed E-state index contributed by atoms with van der Waals surface area (Å²) in [6, 6.07) is 17.8. The van der Waals surface area contributed by atoms with Crippen molar-refractivity contribution in [2.75, 3.05) is 0 Å². The van der Waals surface area contributed by atoms with Crippen molar-refractivity contribution in [3.05, 3.63) is 95.4 Å². The minimum atomic E-state index is -4.03. The molecule has 2 aromatic carbocycles. The van der Waals surface area contributed by atoms with Crippen molar-refractivity contribution in [3.63, 3.8) is 0 Å². The van der Waals surface area contributed by atoms with Crippen LogP contribution in [-0.4, -0.2) is 23.2 Å². The monoisotopic (exact) mass is 396 g/mol. The van der Waals surface area contributed by atoms with Crippen LogP contribution in [0.15, 0.2) is 84.0 Å². The fourth-order valence-electron chi connectivity index (χ4n) is 2.95. The highest BCUT2D eigenvalue weighted by molar-refractivity contribution is 7.90. The van der Waals surface area contributed by atoms with E-state index in [9.17, 15) is 13.2 Å². The first-order valence-electron chi connectivity index (χ1n) is 8.06. The number of rotatable bonds is 4. The van der Waals surface area contributed by atoms with Crippen LogP contribution in [-0.2, 0) is 10.0 Å². The quantitative estimate of drug-likeness (QED) is 0.486. The van der Waals surface area contributed by atoms with E-state index in [1.165, 1.54) is 36.7 Å². The summed E-state index contributed by atoms with van der Waals surface area (Å²) in [4.78, 5) is 17.1. The summed E-state index contributed by atoms with van der Waals surface area (Å²) in [6.45, 7) is 0. The zero-order valence-corrected chi connectivity index (χ0v) is 15.5. The van der Waals surface area contributed by atoms with Crippen molar-refractivity contribution in [1.29, 1.82) is 0 Å². The molecule has 27 heavy (non-hydrogen) atoms. The molecule has 0 fully saturated rings. The summed E-state index contributed by atoms with van der Waals surface area (Å²) in [5, 5.41) is 0.600. The van der Waals surface area contributed by atoms with Crippen LogP contribution in [0, 0.1) is 0 Å². The molecule has 0 spiro atoms. The molecule has 0 aliphatic heterocycles. The van der Waals surface area contributed by atoms with Crippen molar-refractivity contribution in [2.45, 2.75) is 4.90 Å². The molecule has 0 saturated carbocycles. The Morgan fingerprint density at radius 1 is 0.889 bits per heavy atom. The molecule has 7 heteroatoms. The molecule has 0 amide bonds. The minimum absolute atomic E-state index is 0.0752. The molecule has 4 rings (SSSR count). The van der Waals surface area contributed by atoms with Gasteiger partial charge in [0, 0.05) is 23.3 Å². The molecular weight excluding hydrogens is 384 g/mol. The normalized spacial score (nSPS) is 11.6. The lowest BCUT2D eigenvalue weighted by molar-refractivity contribution is 0.103. The predicted octanol–water partition coefficient (Wildman–Crippen LogP) is 4.16. The summed E-state index contributed by atoms with van der Waals surface area (Å²) >= 11 is 6.48. The lowest BCUT2D eigenvalue weighted by Gasteiger charge is -2.11. The second kappa shape index (κ2) is 6.64. The van der Waals surface area contributed by atoms with E-state index in [0.717, 1.165) is 3.97 Å². The van der Waals surface area contributed by atoms with Crippen LogP contribution in [0.1, 0.15) is 16.1 Å². The molecule has 5 nitrogen and oxygen atoms in total. The Bertz CT molecular complexity index is 1250. The number of fused-ring (bicyclic) bond motifs is 1. The van der Waals surface area contributed by atoms with E-state index >= 15 is 0 Å². The summed E-state index contributed by atoms with van der Waals surface area (Å²) in [5.41, 5.74) is 0.566. The van der Waals surface area contributed by atoms with Gasteiger partial charge in [0.2, 0.25) is 5.78 Å². The lowest BCUT2D eigenvalue weighted by atomic mass is 10.1. The van der Waals surface area contributed by atoms with Crippen LogP contribution in [0.25, 0.3) is 10.9 Å². The van der Waals surface area contributed by atoms with Gasteiger partial charge in [0.25, 0.3) is 10.0 Å². The number of para-hydroxylation sites is 1. The smallest absolute Gasteiger partial charge is 0.268 e. The highest BCUT2D eigenvalue weighted by atomic mass is 35.5. The number of halogens is 1. The zero-order valence-electron chi connectivity index (χ0n) is 13.9. The molecule has 2 heterocycles. The molecule has 0 aliphatic rings. The topological polar surface area (TPSA) is 69.0 Å². The van der Waals surface area contributed by atoms with Gasteiger partial charge in [0.15, 0.2) is 0 Å². The van der Waals surface area contributed by atoms with E-state index in [1.807, 2.05) is 0 Å². The third kappa shape index (κ3) is 2.83.